The molecule has 0 unspecified atom stereocenters. The number of nitrogens with zero attached hydrogens (tertiary/aromatic N) is 2. The Morgan fingerprint density at radius 1 is 1.40 bits per heavy atom. The van der Waals surface area contributed by atoms with Crippen LogP contribution in [0.3, 0.4) is 0 Å². The Morgan fingerprint density at radius 2 is 2.13 bits per heavy atom. The van der Waals surface area contributed by atoms with E-state index in [1.54, 1.807) is 12.1 Å². The van der Waals surface area contributed by atoms with E-state index in [1.165, 1.54) is 18.3 Å². The number of hydrogen-bond donors (Lipinski definition) is 1. The summed E-state index contributed by atoms with van der Waals surface area (Å²) in [5.74, 6) is -0.0498. The van der Waals surface area contributed by atoms with Crippen LogP contribution in [0.4, 0.5) is 5.69 Å². The van der Waals surface area contributed by atoms with Crippen LogP contribution < -0.4 is 0 Å². The molecule has 0 radical (unpaired) electrons. The second-order valence-corrected chi connectivity index (χ2v) is 2.76. The molecule has 1 N–H and O–H groups in total. The first kappa shape index (κ1) is 11.7. The molecule has 6 heteroatoms. The molecule has 0 atom stereocenters. The number of phenols is 1. The molecule has 2 rings (SSSR count). The average Bonchev–Trinajstić information content (AvgIpc) is 2.18. The van der Waals surface area contributed by atoms with Crippen LogP contribution in [0.15, 0.2) is 30.5 Å². The first-order valence-corrected chi connectivity index (χ1v) is 3.91. The Bertz CT molecular complexity index is 525. The maximum atomic E-state index is 10.6. The van der Waals surface area contributed by atoms with Gasteiger partial charge < -0.3 is 7.96 Å². The number of aromatic nitrogens is 1. The topological polar surface area (TPSA) is 76.3 Å². The minimum Gasteiger partial charge on any atom is -1.00 e. The second kappa shape index (κ2) is 4.41. The molecule has 2 aromatic rings. The van der Waals surface area contributed by atoms with Gasteiger partial charge in [-0.3, -0.25) is 15.1 Å². The Morgan fingerprint density at radius 3 is 2.80 bits per heavy atom. The van der Waals surface area contributed by atoms with Crippen LogP contribution in [0.25, 0.3) is 10.9 Å². The van der Waals surface area contributed by atoms with Gasteiger partial charge in [0.2, 0.25) is 0 Å². The number of hydrogen-bond acceptors (Lipinski definition) is 4. The van der Waals surface area contributed by atoms with Crippen LogP contribution in [0, 0.1) is 10.1 Å². The molecule has 1 heterocycles. The Hall–Kier alpha value is -1.40. The van der Waals surface area contributed by atoms with E-state index < -0.39 is 4.92 Å². The minimum absolute atomic E-state index is 0. The smallest absolute Gasteiger partial charge is 1.00 e. The summed E-state index contributed by atoms with van der Waals surface area (Å²) >= 11 is 0. The van der Waals surface area contributed by atoms with Crippen molar-refractivity contribution in [3.8, 4) is 5.75 Å². The first-order chi connectivity index (χ1) is 6.70. The molecule has 0 bridgehead atoms. The summed E-state index contributed by atoms with van der Waals surface area (Å²) in [7, 11) is 0. The standard InChI is InChI=1S/C9H6N2O3.Mg.2H/c12-8-4-3-7(11(13)14)6-2-1-5-10-9(6)8;;;/h1-5,12H;;;/q;+2;2*-1. The summed E-state index contributed by atoms with van der Waals surface area (Å²) < 4.78 is 0. The molecule has 0 aliphatic carbocycles. The summed E-state index contributed by atoms with van der Waals surface area (Å²) in [6.07, 6.45) is 1.48. The third-order valence-corrected chi connectivity index (χ3v) is 1.92. The SMILES string of the molecule is O=[N+]([O-])c1ccc(O)c2ncccc12.[H-].[H-].[Mg+2]. The van der Waals surface area contributed by atoms with E-state index in [0.717, 1.165) is 0 Å². The summed E-state index contributed by atoms with van der Waals surface area (Å²) in [6.45, 7) is 0. The molecule has 74 valence electrons. The Balaban J connectivity index is 0. The van der Waals surface area contributed by atoms with Gasteiger partial charge in [0.15, 0.2) is 0 Å². The number of aromatic hydroxyl groups is 1. The number of rotatable bonds is 1. The Labute approximate surface area is 104 Å². The van der Waals surface area contributed by atoms with Crippen molar-refractivity contribution in [2.45, 2.75) is 0 Å². The van der Waals surface area contributed by atoms with Crippen molar-refractivity contribution in [1.29, 1.82) is 0 Å². The fourth-order valence-electron chi connectivity index (χ4n) is 1.30. The maximum Gasteiger partial charge on any atom is 2.00 e. The largest absolute Gasteiger partial charge is 2.00 e. The molecule has 0 saturated heterocycles. The predicted octanol–water partition coefficient (Wildman–Crippen LogP) is 1.69. The van der Waals surface area contributed by atoms with Gasteiger partial charge in [0.1, 0.15) is 11.3 Å². The quantitative estimate of drug-likeness (QED) is 0.447. The maximum absolute atomic E-state index is 10.6. The van der Waals surface area contributed by atoms with Gasteiger partial charge >= 0.3 is 23.1 Å². The molecule has 0 fully saturated rings. The van der Waals surface area contributed by atoms with Gasteiger partial charge in [0, 0.05) is 12.3 Å². The van der Waals surface area contributed by atoms with Crippen LogP contribution in [-0.2, 0) is 0 Å². The van der Waals surface area contributed by atoms with Crippen LogP contribution >= 0.6 is 0 Å². The van der Waals surface area contributed by atoms with Gasteiger partial charge in [0.25, 0.3) is 5.69 Å². The minimum atomic E-state index is -0.497. The Kier molecular flexibility index (Phi) is 3.43. The number of non-ortho nitro benzene ring substituents is 1. The van der Waals surface area contributed by atoms with E-state index in [9.17, 15) is 15.2 Å². The van der Waals surface area contributed by atoms with Crippen molar-refractivity contribution in [2.75, 3.05) is 0 Å². The molecule has 15 heavy (non-hydrogen) atoms. The molecular formula is C9H8MgN2O3. The van der Waals surface area contributed by atoms with Gasteiger partial charge in [-0.25, -0.2) is 0 Å². The third kappa shape index (κ3) is 2.00. The van der Waals surface area contributed by atoms with Crippen molar-refractivity contribution in [1.82, 2.24) is 4.98 Å². The zero-order chi connectivity index (χ0) is 10.1. The van der Waals surface area contributed by atoms with Crippen LogP contribution in [-0.4, -0.2) is 38.1 Å². The van der Waals surface area contributed by atoms with E-state index in [4.69, 9.17) is 0 Å². The fourth-order valence-corrected chi connectivity index (χ4v) is 1.30. The van der Waals surface area contributed by atoms with Crippen molar-refractivity contribution < 1.29 is 12.9 Å². The molecular weight excluding hydrogens is 208 g/mol. The number of nitro benzene ring substituents is 1. The number of nitro groups is 1. The van der Waals surface area contributed by atoms with Gasteiger partial charge in [-0.2, -0.15) is 0 Å². The molecule has 1 aromatic heterocycles. The van der Waals surface area contributed by atoms with E-state index in [-0.39, 0.29) is 42.9 Å². The molecule has 0 spiro atoms. The molecule has 0 aliphatic rings. The van der Waals surface area contributed by atoms with Crippen molar-refractivity contribution in [2.24, 2.45) is 0 Å². The molecule has 0 saturated carbocycles. The predicted molar refractivity (Wildman–Crippen MR) is 58.0 cm³/mol. The van der Waals surface area contributed by atoms with Gasteiger partial charge in [-0.1, -0.05) is 0 Å². The first-order valence-electron chi connectivity index (χ1n) is 3.91. The van der Waals surface area contributed by atoms with E-state index >= 15 is 0 Å². The van der Waals surface area contributed by atoms with E-state index in [2.05, 4.69) is 4.98 Å². The fraction of sp³-hybridized carbons (Fsp3) is 0. The number of pyridine rings is 1. The van der Waals surface area contributed by atoms with Crippen molar-refractivity contribution in [3.05, 3.63) is 40.6 Å². The molecule has 0 amide bonds. The van der Waals surface area contributed by atoms with Gasteiger partial charge in [0.05, 0.1) is 10.3 Å². The normalized spacial score (nSPS) is 9.60. The zero-order valence-electron chi connectivity index (χ0n) is 9.75. The molecule has 5 nitrogen and oxygen atoms in total. The van der Waals surface area contributed by atoms with E-state index in [1.807, 2.05) is 0 Å². The molecule has 0 aliphatic heterocycles. The summed E-state index contributed by atoms with van der Waals surface area (Å²) in [5.41, 5.74) is 0.201. The van der Waals surface area contributed by atoms with Crippen LogP contribution in [0.1, 0.15) is 2.85 Å². The van der Waals surface area contributed by atoms with Gasteiger partial charge in [-0.15, -0.1) is 0 Å². The monoisotopic (exact) mass is 216 g/mol. The third-order valence-electron chi connectivity index (χ3n) is 1.92. The van der Waals surface area contributed by atoms with Crippen molar-refractivity contribution >= 4 is 39.6 Å². The molecule has 1 aromatic carbocycles. The second-order valence-electron chi connectivity index (χ2n) is 2.76. The van der Waals surface area contributed by atoms with Gasteiger partial charge in [-0.05, 0) is 18.2 Å². The average molecular weight is 216 g/mol. The van der Waals surface area contributed by atoms with Crippen LogP contribution in [0.5, 0.6) is 5.75 Å². The summed E-state index contributed by atoms with van der Waals surface area (Å²) in [6, 6.07) is 5.68. The number of fused-ring (bicyclic) bond motifs is 1. The van der Waals surface area contributed by atoms with Crippen LogP contribution in [0.2, 0.25) is 0 Å². The summed E-state index contributed by atoms with van der Waals surface area (Å²) in [4.78, 5) is 14.0. The number of phenolic OH excluding ortho intramolecular Hbond substituents is 1. The number of benzene rings is 1. The van der Waals surface area contributed by atoms with Crippen molar-refractivity contribution in [3.63, 3.8) is 0 Å². The zero-order valence-corrected chi connectivity index (χ0v) is 9.17. The summed E-state index contributed by atoms with van der Waals surface area (Å²) in [5, 5.41) is 20.4. The van der Waals surface area contributed by atoms with E-state index in [0.29, 0.717) is 5.39 Å².